The Hall–Kier alpha value is -0.504. The minimum absolute atomic E-state index is 0. The summed E-state index contributed by atoms with van der Waals surface area (Å²) in [5.41, 5.74) is 0.269. The van der Waals surface area contributed by atoms with Gasteiger partial charge in [-0.15, -0.1) is 0 Å². The van der Waals surface area contributed by atoms with Gasteiger partial charge in [-0.25, -0.2) is 0 Å². The van der Waals surface area contributed by atoms with Crippen LogP contribution in [0.4, 0.5) is 0 Å². The minimum atomic E-state index is -4.68. The van der Waals surface area contributed by atoms with E-state index in [4.69, 9.17) is 9.11 Å². The fraction of sp³-hybridized carbons (Fsp3) is 0. The molecule has 0 spiro atoms. The molecule has 0 saturated carbocycles. The Morgan fingerprint density at radius 2 is 0.957 bits per heavy atom. The Balaban J connectivity index is 0.00000264. The van der Waals surface area contributed by atoms with Crippen LogP contribution >= 0.6 is 0 Å². The van der Waals surface area contributed by atoms with Crippen LogP contribution in [0.3, 0.4) is 0 Å². The maximum atomic E-state index is 11.1. The zero-order valence-corrected chi connectivity index (χ0v) is 16.5. The predicted molar refractivity (Wildman–Crippen MR) is 80.6 cm³/mol. The standard InChI is InChI=1S/C12H10O8S2.K/c13-9-3-1-7(5-11(9)21(15,16)17)8-2-4-10(14)12(6-8)22(18,19)20;/h1-6,13-14H,(H,15,16,17)(H,18,19,20);. The molecule has 11 heteroatoms. The molecular weight excluding hydrogens is 375 g/mol. The van der Waals surface area contributed by atoms with Crippen molar-refractivity contribution in [2.75, 3.05) is 0 Å². The van der Waals surface area contributed by atoms with Crippen molar-refractivity contribution in [3.8, 4) is 22.6 Å². The van der Waals surface area contributed by atoms with Crippen molar-refractivity contribution in [1.82, 2.24) is 0 Å². The minimum Gasteiger partial charge on any atom is -0.506 e. The smallest absolute Gasteiger partial charge is 0.298 e. The van der Waals surface area contributed by atoms with Gasteiger partial charge in [-0.2, -0.15) is 16.8 Å². The van der Waals surface area contributed by atoms with E-state index >= 15 is 0 Å². The molecule has 8 nitrogen and oxygen atoms in total. The molecule has 0 amide bonds. The third kappa shape index (κ3) is 4.75. The summed E-state index contributed by atoms with van der Waals surface area (Å²) in [5, 5.41) is 18.9. The van der Waals surface area contributed by atoms with E-state index in [1.807, 2.05) is 0 Å². The average molecular weight is 385 g/mol. The number of rotatable bonds is 3. The first-order valence-electron chi connectivity index (χ1n) is 5.61. The van der Waals surface area contributed by atoms with Gasteiger partial charge in [0.2, 0.25) is 0 Å². The molecule has 0 aliphatic heterocycles. The Labute approximate surface area is 174 Å². The number of aromatic hydroxyl groups is 2. The molecule has 0 atom stereocenters. The van der Waals surface area contributed by atoms with Gasteiger partial charge >= 0.3 is 0 Å². The average Bonchev–Trinajstić information content (AvgIpc) is 2.37. The van der Waals surface area contributed by atoms with Crippen molar-refractivity contribution < 1.29 is 36.2 Å². The van der Waals surface area contributed by atoms with Crippen molar-refractivity contribution in [3.05, 3.63) is 36.4 Å². The molecular formula is C12H10KO8S2. The van der Waals surface area contributed by atoms with Crippen LogP contribution in [-0.2, 0) is 20.2 Å². The second kappa shape index (κ2) is 7.17. The summed E-state index contributed by atoms with van der Waals surface area (Å²) in [4.78, 5) is -1.52. The molecule has 4 N–H and O–H groups in total. The number of phenolic OH excluding ortho intramolecular Hbond substituents is 2. The summed E-state index contributed by atoms with van der Waals surface area (Å²) in [7, 11) is -9.36. The second-order valence-corrected chi connectivity index (χ2v) is 7.10. The van der Waals surface area contributed by atoms with Gasteiger partial charge in [0.15, 0.2) is 0 Å². The normalized spacial score (nSPS) is 11.7. The molecule has 23 heavy (non-hydrogen) atoms. The Bertz CT molecular complexity index is 872. The van der Waals surface area contributed by atoms with Crippen molar-refractivity contribution in [1.29, 1.82) is 0 Å². The molecule has 0 saturated heterocycles. The van der Waals surface area contributed by atoms with Crippen LogP contribution in [-0.4, -0.2) is 87.5 Å². The first-order chi connectivity index (χ1) is 10.00. The molecule has 2 aromatic carbocycles. The van der Waals surface area contributed by atoms with E-state index < -0.39 is 41.5 Å². The van der Waals surface area contributed by atoms with E-state index in [9.17, 15) is 27.0 Å². The summed E-state index contributed by atoms with van der Waals surface area (Å²) in [6.07, 6.45) is 0. The van der Waals surface area contributed by atoms with E-state index in [1.54, 1.807) is 0 Å². The number of hydrogen-bond acceptors (Lipinski definition) is 6. The SMILES string of the molecule is O=S(=O)(O)c1cc(-c2ccc(O)c(S(=O)(=O)O)c2)ccc1O.[K]. The Morgan fingerprint density at radius 3 is 1.22 bits per heavy atom. The van der Waals surface area contributed by atoms with Crippen LogP contribution in [0.25, 0.3) is 11.1 Å². The first kappa shape index (κ1) is 20.5. The zero-order valence-electron chi connectivity index (χ0n) is 11.7. The molecule has 0 heterocycles. The van der Waals surface area contributed by atoms with Crippen molar-refractivity contribution in [3.63, 3.8) is 0 Å². The fourth-order valence-corrected chi connectivity index (χ4v) is 3.02. The summed E-state index contributed by atoms with van der Waals surface area (Å²) >= 11 is 0. The van der Waals surface area contributed by atoms with Gasteiger partial charge in [-0.05, 0) is 35.4 Å². The number of phenols is 2. The van der Waals surface area contributed by atoms with Gasteiger partial charge in [0, 0.05) is 51.4 Å². The topological polar surface area (TPSA) is 149 Å². The molecule has 0 aliphatic carbocycles. The summed E-state index contributed by atoms with van der Waals surface area (Å²) < 4.78 is 62.6. The summed E-state index contributed by atoms with van der Waals surface area (Å²) in [5.74, 6) is -1.36. The van der Waals surface area contributed by atoms with Gasteiger partial charge in [-0.3, -0.25) is 9.11 Å². The van der Waals surface area contributed by atoms with Gasteiger partial charge in [-0.1, -0.05) is 12.1 Å². The van der Waals surface area contributed by atoms with Crippen LogP contribution < -0.4 is 0 Å². The summed E-state index contributed by atoms with van der Waals surface area (Å²) in [6.45, 7) is 0. The van der Waals surface area contributed by atoms with E-state index in [1.165, 1.54) is 12.1 Å². The number of hydrogen-bond donors (Lipinski definition) is 4. The van der Waals surface area contributed by atoms with Gasteiger partial charge < -0.3 is 10.2 Å². The molecule has 0 bridgehead atoms. The van der Waals surface area contributed by atoms with Gasteiger partial charge in [0.1, 0.15) is 21.3 Å². The van der Waals surface area contributed by atoms with Crippen molar-refractivity contribution in [2.45, 2.75) is 9.79 Å². The molecule has 0 unspecified atom stereocenters. The maximum absolute atomic E-state index is 11.1. The van der Waals surface area contributed by atoms with Crippen LogP contribution in [0.1, 0.15) is 0 Å². The van der Waals surface area contributed by atoms with Crippen LogP contribution in [0, 0.1) is 0 Å². The molecule has 0 aliphatic rings. The van der Waals surface area contributed by atoms with Crippen molar-refractivity contribution >= 4 is 71.6 Å². The van der Waals surface area contributed by atoms with Crippen LogP contribution in [0.15, 0.2) is 46.2 Å². The van der Waals surface area contributed by atoms with Crippen LogP contribution in [0.2, 0.25) is 0 Å². The monoisotopic (exact) mass is 385 g/mol. The molecule has 0 fully saturated rings. The quantitative estimate of drug-likeness (QED) is 0.449. The van der Waals surface area contributed by atoms with E-state index in [0.29, 0.717) is 0 Å². The van der Waals surface area contributed by atoms with E-state index in [-0.39, 0.29) is 62.5 Å². The maximum Gasteiger partial charge on any atom is 0.298 e. The molecule has 1 radical (unpaired) electrons. The second-order valence-electron chi connectivity index (χ2n) is 4.32. The largest absolute Gasteiger partial charge is 0.506 e. The van der Waals surface area contributed by atoms with Gasteiger partial charge in [0.05, 0.1) is 0 Å². The Morgan fingerprint density at radius 1 is 0.652 bits per heavy atom. The summed E-state index contributed by atoms with van der Waals surface area (Å²) in [6, 6.07) is 6.38. The molecule has 2 aromatic rings. The van der Waals surface area contributed by atoms with E-state index in [2.05, 4.69) is 0 Å². The number of benzene rings is 2. The first-order valence-corrected chi connectivity index (χ1v) is 8.49. The molecule has 2 rings (SSSR count). The van der Waals surface area contributed by atoms with Gasteiger partial charge in [0.25, 0.3) is 20.2 Å². The van der Waals surface area contributed by atoms with Crippen molar-refractivity contribution in [2.24, 2.45) is 0 Å². The Kier molecular flexibility index (Phi) is 6.40. The third-order valence-corrected chi connectivity index (χ3v) is 4.57. The third-order valence-electron chi connectivity index (χ3n) is 2.81. The van der Waals surface area contributed by atoms with E-state index in [0.717, 1.165) is 24.3 Å². The predicted octanol–water partition coefficient (Wildman–Crippen LogP) is 0.877. The zero-order chi connectivity index (χ0) is 16.7. The molecule has 119 valence electrons. The fourth-order valence-electron chi connectivity index (χ4n) is 1.80. The van der Waals surface area contributed by atoms with Crippen LogP contribution in [0.5, 0.6) is 11.5 Å². The molecule has 0 aromatic heterocycles.